The van der Waals surface area contributed by atoms with E-state index in [1.54, 1.807) is 30.3 Å². The molecule has 0 aliphatic carbocycles. The van der Waals surface area contributed by atoms with Gasteiger partial charge in [-0.25, -0.2) is 4.98 Å². The summed E-state index contributed by atoms with van der Waals surface area (Å²) in [5.74, 6) is 2.44. The zero-order chi connectivity index (χ0) is 19.3. The van der Waals surface area contributed by atoms with Crippen molar-refractivity contribution in [3.63, 3.8) is 0 Å². The Morgan fingerprint density at radius 2 is 1.89 bits per heavy atom. The second-order valence-corrected chi connectivity index (χ2v) is 6.35. The highest BCUT2D eigenvalue weighted by Crippen LogP contribution is 2.20. The van der Waals surface area contributed by atoms with Crippen molar-refractivity contribution in [3.05, 3.63) is 60.7 Å². The molecule has 0 spiro atoms. The van der Waals surface area contributed by atoms with E-state index in [9.17, 15) is 4.79 Å². The van der Waals surface area contributed by atoms with Gasteiger partial charge < -0.3 is 24.3 Å². The van der Waals surface area contributed by atoms with E-state index in [1.165, 1.54) is 6.26 Å². The molecule has 144 valence electrons. The molecule has 0 saturated carbocycles. The third-order valence-electron chi connectivity index (χ3n) is 4.59. The van der Waals surface area contributed by atoms with E-state index >= 15 is 0 Å². The summed E-state index contributed by atoms with van der Waals surface area (Å²) in [5.41, 5.74) is 0.916. The molecule has 8 heteroatoms. The fourth-order valence-corrected chi connectivity index (χ4v) is 3.06. The lowest BCUT2D eigenvalue weighted by Crippen LogP contribution is -2.49. The number of furan rings is 1. The highest BCUT2D eigenvalue weighted by atomic mass is 16.5. The molecule has 1 N–H and O–H groups in total. The average molecular weight is 379 g/mol. The van der Waals surface area contributed by atoms with Gasteiger partial charge in [0.05, 0.1) is 13.4 Å². The van der Waals surface area contributed by atoms with Gasteiger partial charge >= 0.3 is 0 Å². The van der Waals surface area contributed by atoms with Crippen molar-refractivity contribution < 1.29 is 13.9 Å². The fraction of sp³-hybridized carbons (Fsp3) is 0.250. The number of piperazine rings is 1. The Morgan fingerprint density at radius 3 is 2.57 bits per heavy atom. The van der Waals surface area contributed by atoms with Crippen LogP contribution in [0.5, 0.6) is 5.75 Å². The highest BCUT2D eigenvalue weighted by Gasteiger charge is 2.24. The summed E-state index contributed by atoms with van der Waals surface area (Å²) < 4.78 is 10.4. The SMILES string of the molecule is COc1ccc(Nc2ccnc(N3CCN(C(=O)c4ccco4)CC3)n2)cc1. The Balaban J connectivity index is 1.38. The predicted molar refractivity (Wildman–Crippen MR) is 105 cm³/mol. The number of benzene rings is 1. The number of ether oxygens (including phenoxy) is 1. The van der Waals surface area contributed by atoms with Crippen LogP contribution in [-0.2, 0) is 0 Å². The number of anilines is 3. The Hall–Kier alpha value is -3.55. The number of hydrogen-bond donors (Lipinski definition) is 1. The van der Waals surface area contributed by atoms with Crippen LogP contribution in [0.4, 0.5) is 17.5 Å². The number of amides is 1. The van der Waals surface area contributed by atoms with E-state index in [0.717, 1.165) is 11.4 Å². The van der Waals surface area contributed by atoms with Crippen LogP contribution >= 0.6 is 0 Å². The molecule has 1 fully saturated rings. The maximum absolute atomic E-state index is 12.4. The average Bonchev–Trinajstić information content (AvgIpc) is 3.29. The summed E-state index contributed by atoms with van der Waals surface area (Å²) in [4.78, 5) is 25.2. The molecule has 8 nitrogen and oxygen atoms in total. The lowest BCUT2D eigenvalue weighted by atomic mass is 10.3. The van der Waals surface area contributed by atoms with Crippen LogP contribution in [0.1, 0.15) is 10.6 Å². The molecule has 0 atom stereocenters. The zero-order valence-electron chi connectivity index (χ0n) is 15.5. The van der Waals surface area contributed by atoms with Crippen molar-refractivity contribution in [2.75, 3.05) is 43.5 Å². The molecular weight excluding hydrogens is 358 g/mol. The molecule has 1 aliphatic rings. The van der Waals surface area contributed by atoms with Crippen molar-refractivity contribution in [1.29, 1.82) is 0 Å². The minimum atomic E-state index is -0.0829. The minimum Gasteiger partial charge on any atom is -0.497 e. The summed E-state index contributed by atoms with van der Waals surface area (Å²) in [6.45, 7) is 2.52. The molecule has 0 unspecified atom stereocenters. The lowest BCUT2D eigenvalue weighted by molar-refractivity contribution is 0.0714. The molecule has 3 heterocycles. The fourth-order valence-electron chi connectivity index (χ4n) is 3.06. The van der Waals surface area contributed by atoms with Crippen molar-refractivity contribution in [3.8, 4) is 5.75 Å². The molecule has 1 amide bonds. The topological polar surface area (TPSA) is 83.7 Å². The van der Waals surface area contributed by atoms with Crippen LogP contribution in [0, 0.1) is 0 Å². The first-order valence-electron chi connectivity index (χ1n) is 9.05. The molecule has 3 aromatic rings. The standard InChI is InChI=1S/C20H21N5O3/c1-27-16-6-4-15(5-7-16)22-18-8-9-21-20(23-18)25-12-10-24(11-13-25)19(26)17-3-2-14-28-17/h2-9,14H,10-13H2,1H3,(H,21,22,23). The van der Waals surface area contributed by atoms with Gasteiger partial charge in [-0.2, -0.15) is 4.98 Å². The van der Waals surface area contributed by atoms with Gasteiger partial charge in [0, 0.05) is 38.1 Å². The number of rotatable bonds is 5. The quantitative estimate of drug-likeness (QED) is 0.730. The van der Waals surface area contributed by atoms with Crippen LogP contribution in [-0.4, -0.2) is 54.1 Å². The number of hydrogen-bond acceptors (Lipinski definition) is 7. The van der Waals surface area contributed by atoms with Crippen LogP contribution in [0.25, 0.3) is 0 Å². The monoisotopic (exact) mass is 379 g/mol. The first-order valence-corrected chi connectivity index (χ1v) is 9.05. The van der Waals surface area contributed by atoms with E-state index < -0.39 is 0 Å². The molecule has 2 aromatic heterocycles. The Labute approximate surface area is 162 Å². The smallest absolute Gasteiger partial charge is 0.289 e. The number of nitrogens with one attached hydrogen (secondary N) is 1. The first kappa shape index (κ1) is 17.8. The van der Waals surface area contributed by atoms with Gasteiger partial charge in [-0.15, -0.1) is 0 Å². The van der Waals surface area contributed by atoms with Gasteiger partial charge in [0.2, 0.25) is 5.95 Å². The van der Waals surface area contributed by atoms with Gasteiger partial charge in [-0.3, -0.25) is 4.79 Å². The number of methoxy groups -OCH3 is 1. The molecule has 1 saturated heterocycles. The maximum Gasteiger partial charge on any atom is 0.289 e. The number of carbonyl (C=O) groups excluding carboxylic acids is 1. The van der Waals surface area contributed by atoms with Crippen molar-refractivity contribution >= 4 is 23.4 Å². The number of carbonyl (C=O) groups is 1. The van der Waals surface area contributed by atoms with Gasteiger partial charge in [0.15, 0.2) is 5.76 Å². The van der Waals surface area contributed by atoms with E-state index in [-0.39, 0.29) is 5.91 Å². The molecule has 0 bridgehead atoms. The Bertz CT molecular complexity index is 919. The second-order valence-electron chi connectivity index (χ2n) is 6.35. The zero-order valence-corrected chi connectivity index (χ0v) is 15.5. The number of aromatic nitrogens is 2. The minimum absolute atomic E-state index is 0.0829. The first-order chi connectivity index (χ1) is 13.7. The van der Waals surface area contributed by atoms with E-state index in [2.05, 4.69) is 20.2 Å². The molecule has 28 heavy (non-hydrogen) atoms. The van der Waals surface area contributed by atoms with E-state index in [1.807, 2.05) is 30.3 Å². The lowest BCUT2D eigenvalue weighted by Gasteiger charge is -2.34. The summed E-state index contributed by atoms with van der Waals surface area (Å²) in [7, 11) is 1.64. The van der Waals surface area contributed by atoms with Crippen LogP contribution in [0.2, 0.25) is 0 Å². The molecule has 4 rings (SSSR count). The van der Waals surface area contributed by atoms with Crippen LogP contribution in [0.15, 0.2) is 59.3 Å². The highest BCUT2D eigenvalue weighted by molar-refractivity contribution is 5.91. The largest absolute Gasteiger partial charge is 0.497 e. The van der Waals surface area contributed by atoms with Crippen molar-refractivity contribution in [2.45, 2.75) is 0 Å². The summed E-state index contributed by atoms with van der Waals surface area (Å²) >= 11 is 0. The van der Waals surface area contributed by atoms with Gasteiger partial charge in [0.25, 0.3) is 5.91 Å². The van der Waals surface area contributed by atoms with Crippen molar-refractivity contribution in [2.24, 2.45) is 0 Å². The third-order valence-corrected chi connectivity index (χ3v) is 4.59. The van der Waals surface area contributed by atoms with Crippen LogP contribution in [0.3, 0.4) is 0 Å². The Morgan fingerprint density at radius 1 is 1.11 bits per heavy atom. The summed E-state index contributed by atoms with van der Waals surface area (Å²) in [5, 5.41) is 3.27. The Kier molecular flexibility index (Phi) is 5.09. The van der Waals surface area contributed by atoms with Crippen molar-refractivity contribution in [1.82, 2.24) is 14.9 Å². The van der Waals surface area contributed by atoms with E-state index in [0.29, 0.717) is 43.7 Å². The predicted octanol–water partition coefficient (Wildman–Crippen LogP) is 2.78. The second kappa shape index (κ2) is 7.99. The van der Waals surface area contributed by atoms with Gasteiger partial charge in [-0.05, 0) is 42.5 Å². The van der Waals surface area contributed by atoms with Gasteiger partial charge in [0.1, 0.15) is 11.6 Å². The molecule has 1 aromatic carbocycles. The molecular formula is C20H21N5O3. The molecule has 1 aliphatic heterocycles. The van der Waals surface area contributed by atoms with E-state index in [4.69, 9.17) is 9.15 Å². The van der Waals surface area contributed by atoms with Gasteiger partial charge in [-0.1, -0.05) is 0 Å². The molecule has 0 radical (unpaired) electrons. The summed E-state index contributed by atoms with van der Waals surface area (Å²) in [6.07, 6.45) is 3.24. The third kappa shape index (κ3) is 3.90. The van der Waals surface area contributed by atoms with Crippen LogP contribution < -0.4 is 15.0 Å². The summed E-state index contributed by atoms with van der Waals surface area (Å²) in [6, 6.07) is 12.9. The normalized spacial score (nSPS) is 14.0. The maximum atomic E-state index is 12.4. The number of nitrogens with zero attached hydrogens (tertiary/aromatic N) is 4.